The summed E-state index contributed by atoms with van der Waals surface area (Å²) in [6, 6.07) is 0. The lowest BCUT2D eigenvalue weighted by atomic mass is 9.97. The standard InChI is InChI=1S/C14H24O3/c1-14(2,3)13(16)17-12-10-8-6-4-5-7-9-11-15/h4-5,11H,6-10,12H2,1-3H3/b5-4+. The van der Waals surface area contributed by atoms with E-state index in [2.05, 4.69) is 6.08 Å². The Balaban J connectivity index is 3.38. The Morgan fingerprint density at radius 2 is 1.71 bits per heavy atom. The van der Waals surface area contributed by atoms with Gasteiger partial charge in [0.25, 0.3) is 0 Å². The summed E-state index contributed by atoms with van der Waals surface area (Å²) in [6.45, 7) is 6.06. The fourth-order valence-corrected chi connectivity index (χ4v) is 1.15. The van der Waals surface area contributed by atoms with E-state index in [1.807, 2.05) is 26.8 Å². The zero-order chi connectivity index (χ0) is 13.1. The summed E-state index contributed by atoms with van der Waals surface area (Å²) < 4.78 is 5.14. The van der Waals surface area contributed by atoms with Gasteiger partial charge in [-0.1, -0.05) is 12.2 Å². The molecule has 3 heteroatoms. The van der Waals surface area contributed by atoms with Gasteiger partial charge in [0.2, 0.25) is 0 Å². The molecule has 0 aliphatic rings. The van der Waals surface area contributed by atoms with Crippen molar-refractivity contribution in [2.45, 2.75) is 52.9 Å². The fraction of sp³-hybridized carbons (Fsp3) is 0.714. The van der Waals surface area contributed by atoms with Crippen LogP contribution in [0.1, 0.15) is 52.9 Å². The second-order valence-electron chi connectivity index (χ2n) is 5.10. The largest absolute Gasteiger partial charge is 0.465 e. The minimum Gasteiger partial charge on any atom is -0.465 e. The minimum absolute atomic E-state index is 0.140. The molecule has 0 radical (unpaired) electrons. The molecule has 3 nitrogen and oxygen atoms in total. The van der Waals surface area contributed by atoms with Gasteiger partial charge in [0.1, 0.15) is 6.29 Å². The van der Waals surface area contributed by atoms with Gasteiger partial charge in [0.05, 0.1) is 12.0 Å². The van der Waals surface area contributed by atoms with Gasteiger partial charge < -0.3 is 9.53 Å². The molecule has 0 N–H and O–H groups in total. The van der Waals surface area contributed by atoms with E-state index < -0.39 is 5.41 Å². The smallest absolute Gasteiger partial charge is 0.311 e. The van der Waals surface area contributed by atoms with Crippen molar-refractivity contribution < 1.29 is 14.3 Å². The average molecular weight is 240 g/mol. The topological polar surface area (TPSA) is 43.4 Å². The number of hydrogen-bond donors (Lipinski definition) is 0. The SMILES string of the molecule is CC(C)(C)C(=O)OCCCC/C=C/CCC=O. The van der Waals surface area contributed by atoms with Gasteiger partial charge in [0, 0.05) is 6.42 Å². The predicted octanol–water partition coefficient (Wildman–Crippen LogP) is 3.28. The van der Waals surface area contributed by atoms with Gasteiger partial charge in [-0.15, -0.1) is 0 Å². The molecule has 98 valence electrons. The van der Waals surface area contributed by atoms with E-state index in [1.165, 1.54) is 0 Å². The highest BCUT2D eigenvalue weighted by atomic mass is 16.5. The van der Waals surface area contributed by atoms with Gasteiger partial charge in [-0.2, -0.15) is 0 Å². The van der Waals surface area contributed by atoms with Crippen LogP contribution in [0.2, 0.25) is 0 Å². The van der Waals surface area contributed by atoms with Gasteiger partial charge >= 0.3 is 5.97 Å². The highest BCUT2D eigenvalue weighted by molar-refractivity contribution is 5.75. The molecule has 0 aromatic carbocycles. The molecule has 0 aliphatic carbocycles. The first-order valence-electron chi connectivity index (χ1n) is 6.24. The molecule has 0 unspecified atom stereocenters. The van der Waals surface area contributed by atoms with E-state index in [-0.39, 0.29) is 5.97 Å². The number of rotatable bonds is 8. The Bertz CT molecular complexity index is 249. The number of unbranched alkanes of at least 4 members (excludes halogenated alkanes) is 3. The molecule has 0 aromatic heterocycles. The summed E-state index contributed by atoms with van der Waals surface area (Å²) >= 11 is 0. The number of hydrogen-bond acceptors (Lipinski definition) is 3. The zero-order valence-corrected chi connectivity index (χ0v) is 11.2. The van der Waals surface area contributed by atoms with Crippen LogP contribution in [-0.2, 0) is 14.3 Å². The lowest BCUT2D eigenvalue weighted by Crippen LogP contribution is -2.23. The summed E-state index contributed by atoms with van der Waals surface area (Å²) in [4.78, 5) is 21.4. The molecule has 0 rings (SSSR count). The molecule has 0 amide bonds. The van der Waals surface area contributed by atoms with Crippen LogP contribution in [0.5, 0.6) is 0 Å². The second kappa shape index (κ2) is 8.97. The third-order valence-electron chi connectivity index (χ3n) is 2.23. The number of esters is 1. The molecule has 17 heavy (non-hydrogen) atoms. The second-order valence-corrected chi connectivity index (χ2v) is 5.10. The van der Waals surface area contributed by atoms with E-state index in [0.29, 0.717) is 13.0 Å². The van der Waals surface area contributed by atoms with E-state index >= 15 is 0 Å². The summed E-state index contributed by atoms with van der Waals surface area (Å²) in [5.41, 5.74) is -0.408. The molecule has 0 fully saturated rings. The van der Waals surface area contributed by atoms with Gasteiger partial charge in [-0.25, -0.2) is 0 Å². The minimum atomic E-state index is -0.408. The predicted molar refractivity (Wildman–Crippen MR) is 68.7 cm³/mol. The molecule has 0 saturated carbocycles. The third kappa shape index (κ3) is 9.79. The van der Waals surface area contributed by atoms with Crippen LogP contribution < -0.4 is 0 Å². The van der Waals surface area contributed by atoms with Crippen LogP contribution in [0.3, 0.4) is 0 Å². The van der Waals surface area contributed by atoms with Crippen molar-refractivity contribution in [3.63, 3.8) is 0 Å². The lowest BCUT2D eigenvalue weighted by Gasteiger charge is -2.16. The van der Waals surface area contributed by atoms with E-state index in [4.69, 9.17) is 4.74 Å². The average Bonchev–Trinajstić information content (AvgIpc) is 2.25. The maximum Gasteiger partial charge on any atom is 0.311 e. The van der Waals surface area contributed by atoms with Crippen molar-refractivity contribution >= 4 is 12.3 Å². The Morgan fingerprint density at radius 1 is 1.06 bits per heavy atom. The van der Waals surface area contributed by atoms with E-state index in [1.54, 1.807) is 0 Å². The Hall–Kier alpha value is -1.12. The van der Waals surface area contributed by atoms with E-state index in [0.717, 1.165) is 32.0 Å². The van der Waals surface area contributed by atoms with Crippen molar-refractivity contribution in [1.29, 1.82) is 0 Å². The molecular weight excluding hydrogens is 216 g/mol. The Labute approximate surface area is 104 Å². The number of allylic oxidation sites excluding steroid dienone is 2. The van der Waals surface area contributed by atoms with Crippen LogP contribution in [0.4, 0.5) is 0 Å². The van der Waals surface area contributed by atoms with Crippen molar-refractivity contribution in [3.05, 3.63) is 12.2 Å². The molecule has 0 aliphatic heterocycles. The first-order valence-corrected chi connectivity index (χ1v) is 6.24. The molecule has 0 heterocycles. The molecule has 0 aromatic rings. The van der Waals surface area contributed by atoms with Crippen LogP contribution in [0, 0.1) is 5.41 Å². The van der Waals surface area contributed by atoms with E-state index in [9.17, 15) is 9.59 Å². The Kier molecular flexibility index (Phi) is 8.38. The molecule has 0 saturated heterocycles. The van der Waals surface area contributed by atoms with Gasteiger partial charge in [-0.3, -0.25) is 4.79 Å². The number of carbonyl (C=O) groups excluding carboxylic acids is 2. The highest BCUT2D eigenvalue weighted by Gasteiger charge is 2.22. The number of aldehydes is 1. The summed E-state index contributed by atoms with van der Waals surface area (Å²) in [5, 5.41) is 0. The summed E-state index contributed by atoms with van der Waals surface area (Å²) in [5.74, 6) is -0.140. The van der Waals surface area contributed by atoms with Crippen molar-refractivity contribution in [2.24, 2.45) is 5.41 Å². The Morgan fingerprint density at radius 3 is 2.29 bits per heavy atom. The zero-order valence-electron chi connectivity index (χ0n) is 11.2. The quantitative estimate of drug-likeness (QED) is 0.283. The van der Waals surface area contributed by atoms with Gasteiger partial charge in [0.15, 0.2) is 0 Å². The first-order chi connectivity index (χ1) is 7.98. The van der Waals surface area contributed by atoms with Crippen LogP contribution in [-0.4, -0.2) is 18.9 Å². The maximum absolute atomic E-state index is 11.4. The van der Waals surface area contributed by atoms with Crippen molar-refractivity contribution in [1.82, 2.24) is 0 Å². The number of carbonyl (C=O) groups is 2. The monoisotopic (exact) mass is 240 g/mol. The van der Waals surface area contributed by atoms with Crippen LogP contribution in [0.15, 0.2) is 12.2 Å². The molecule has 0 spiro atoms. The fourth-order valence-electron chi connectivity index (χ4n) is 1.15. The molecule has 0 atom stereocenters. The molecule has 0 bridgehead atoms. The highest BCUT2D eigenvalue weighted by Crippen LogP contribution is 2.15. The number of ether oxygens (including phenoxy) is 1. The normalized spacial score (nSPS) is 11.7. The van der Waals surface area contributed by atoms with Gasteiger partial charge in [-0.05, 0) is 46.5 Å². The third-order valence-corrected chi connectivity index (χ3v) is 2.23. The first kappa shape index (κ1) is 15.9. The van der Waals surface area contributed by atoms with Crippen LogP contribution in [0.25, 0.3) is 0 Å². The van der Waals surface area contributed by atoms with Crippen molar-refractivity contribution in [2.75, 3.05) is 6.61 Å². The maximum atomic E-state index is 11.4. The molecular formula is C14H24O3. The summed E-state index contributed by atoms with van der Waals surface area (Å²) in [7, 11) is 0. The van der Waals surface area contributed by atoms with Crippen LogP contribution >= 0.6 is 0 Å². The van der Waals surface area contributed by atoms with Crippen molar-refractivity contribution in [3.8, 4) is 0 Å². The lowest BCUT2D eigenvalue weighted by molar-refractivity contribution is -0.153. The summed E-state index contributed by atoms with van der Waals surface area (Å²) in [6.07, 6.45) is 9.32.